The van der Waals surface area contributed by atoms with E-state index < -0.39 is 36.0 Å². The van der Waals surface area contributed by atoms with Crippen molar-refractivity contribution in [3.05, 3.63) is 42.2 Å². The standard InChI is InChI=1S/C21H24FN3O5/c1-4-20(19(27)24-13(2)21(28,12-22)29-14(3)26)11-17(25-30-20)18-16-8-6-5-7-15(16)9-10-23-18/h5-10,13,28H,4,11-12H2,1-3H3,(H,24,27). The number of ether oxygens (including phenoxy) is 1. The maximum Gasteiger partial charge on any atom is 0.305 e. The summed E-state index contributed by atoms with van der Waals surface area (Å²) in [5.74, 6) is -3.95. The largest absolute Gasteiger partial charge is 0.428 e. The highest BCUT2D eigenvalue weighted by molar-refractivity contribution is 6.11. The minimum Gasteiger partial charge on any atom is -0.428 e. The summed E-state index contributed by atoms with van der Waals surface area (Å²) < 4.78 is 18.0. The molecule has 1 aliphatic heterocycles. The number of esters is 1. The van der Waals surface area contributed by atoms with Crippen LogP contribution in [0.5, 0.6) is 0 Å². The zero-order valence-corrected chi connectivity index (χ0v) is 17.0. The van der Waals surface area contributed by atoms with Gasteiger partial charge in [-0.15, -0.1) is 0 Å². The van der Waals surface area contributed by atoms with E-state index in [2.05, 4.69) is 20.2 Å². The van der Waals surface area contributed by atoms with Crippen LogP contribution in [0.1, 0.15) is 39.3 Å². The number of hydrogen-bond donors (Lipinski definition) is 2. The molecule has 0 bridgehead atoms. The van der Waals surface area contributed by atoms with Gasteiger partial charge in [0, 0.05) is 24.9 Å². The number of fused-ring (bicyclic) bond motifs is 1. The van der Waals surface area contributed by atoms with Gasteiger partial charge < -0.3 is 20.0 Å². The minimum absolute atomic E-state index is 0.144. The van der Waals surface area contributed by atoms with Gasteiger partial charge in [0.05, 0.1) is 11.7 Å². The molecule has 30 heavy (non-hydrogen) atoms. The summed E-state index contributed by atoms with van der Waals surface area (Å²) in [6.45, 7) is 2.76. The minimum atomic E-state index is -2.48. The topological polar surface area (TPSA) is 110 Å². The molecule has 1 aromatic carbocycles. The van der Waals surface area contributed by atoms with Crippen LogP contribution in [-0.2, 0) is 19.2 Å². The molecule has 160 valence electrons. The Labute approximate surface area is 173 Å². The second-order valence-corrected chi connectivity index (χ2v) is 7.30. The number of nitrogens with one attached hydrogen (secondary N) is 1. The molecule has 3 unspecified atom stereocenters. The van der Waals surface area contributed by atoms with Crippen molar-refractivity contribution in [2.24, 2.45) is 5.16 Å². The van der Waals surface area contributed by atoms with Gasteiger partial charge in [0.1, 0.15) is 5.71 Å². The van der Waals surface area contributed by atoms with E-state index in [0.29, 0.717) is 11.4 Å². The smallest absolute Gasteiger partial charge is 0.305 e. The van der Waals surface area contributed by atoms with E-state index in [9.17, 15) is 19.1 Å². The third kappa shape index (κ3) is 3.97. The van der Waals surface area contributed by atoms with Gasteiger partial charge in [-0.3, -0.25) is 14.6 Å². The number of aliphatic hydroxyl groups is 1. The van der Waals surface area contributed by atoms with E-state index in [1.807, 2.05) is 30.3 Å². The molecule has 2 aromatic rings. The SMILES string of the molecule is CCC1(C(=O)NC(C)C(O)(CF)OC(C)=O)CC(c2nccc3ccccc23)=NO1. The fourth-order valence-electron chi connectivity index (χ4n) is 3.35. The van der Waals surface area contributed by atoms with Crippen molar-refractivity contribution in [3.8, 4) is 0 Å². The number of carbonyl (C=O) groups is 2. The van der Waals surface area contributed by atoms with Gasteiger partial charge in [-0.05, 0) is 24.8 Å². The van der Waals surface area contributed by atoms with Crippen molar-refractivity contribution < 1.29 is 28.7 Å². The van der Waals surface area contributed by atoms with E-state index in [-0.39, 0.29) is 12.8 Å². The molecule has 2 heterocycles. The number of hydrogen-bond acceptors (Lipinski definition) is 7. The molecular formula is C21H24FN3O5. The number of oxime groups is 1. The molecule has 0 radical (unpaired) electrons. The molecule has 0 spiro atoms. The Morgan fingerprint density at radius 1 is 1.40 bits per heavy atom. The fourth-order valence-corrected chi connectivity index (χ4v) is 3.35. The lowest BCUT2D eigenvalue weighted by Crippen LogP contribution is -2.59. The molecule has 9 heteroatoms. The third-order valence-electron chi connectivity index (χ3n) is 5.25. The van der Waals surface area contributed by atoms with Crippen LogP contribution in [0.4, 0.5) is 4.39 Å². The molecular weight excluding hydrogens is 393 g/mol. The zero-order valence-electron chi connectivity index (χ0n) is 17.0. The van der Waals surface area contributed by atoms with Crippen LogP contribution in [0, 0.1) is 0 Å². The average molecular weight is 417 g/mol. The molecule has 1 aromatic heterocycles. The predicted molar refractivity (Wildman–Crippen MR) is 107 cm³/mol. The molecule has 1 amide bonds. The number of carbonyl (C=O) groups excluding carboxylic acids is 2. The molecule has 0 fully saturated rings. The number of aromatic nitrogens is 1. The molecule has 0 aliphatic carbocycles. The first-order chi connectivity index (χ1) is 14.2. The average Bonchev–Trinajstić information content (AvgIpc) is 3.18. The van der Waals surface area contributed by atoms with Gasteiger partial charge in [-0.2, -0.15) is 0 Å². The Bertz CT molecular complexity index is 992. The summed E-state index contributed by atoms with van der Waals surface area (Å²) in [6.07, 6.45) is 2.07. The Morgan fingerprint density at radius 3 is 2.80 bits per heavy atom. The van der Waals surface area contributed by atoms with Crippen LogP contribution < -0.4 is 5.32 Å². The number of alkyl halides is 1. The highest BCUT2D eigenvalue weighted by Crippen LogP contribution is 2.32. The van der Waals surface area contributed by atoms with E-state index in [1.54, 1.807) is 13.1 Å². The molecule has 8 nitrogen and oxygen atoms in total. The van der Waals surface area contributed by atoms with Crippen LogP contribution in [0.3, 0.4) is 0 Å². The summed E-state index contributed by atoms with van der Waals surface area (Å²) in [5.41, 5.74) is -0.225. The normalized spacial score (nSPS) is 21.3. The van der Waals surface area contributed by atoms with Gasteiger partial charge in [0.15, 0.2) is 6.67 Å². The van der Waals surface area contributed by atoms with Gasteiger partial charge in [-0.25, -0.2) is 4.39 Å². The summed E-state index contributed by atoms with van der Waals surface area (Å²) >= 11 is 0. The first-order valence-electron chi connectivity index (χ1n) is 9.62. The van der Waals surface area contributed by atoms with E-state index in [1.165, 1.54) is 6.92 Å². The number of pyridine rings is 1. The lowest BCUT2D eigenvalue weighted by atomic mass is 9.90. The monoisotopic (exact) mass is 417 g/mol. The fraction of sp³-hybridized carbons (Fsp3) is 0.429. The van der Waals surface area contributed by atoms with Crippen molar-refractivity contribution in [2.45, 2.75) is 51.0 Å². The van der Waals surface area contributed by atoms with Crippen molar-refractivity contribution in [1.29, 1.82) is 0 Å². The maximum atomic E-state index is 13.3. The van der Waals surface area contributed by atoms with E-state index in [0.717, 1.165) is 17.7 Å². The first kappa shape index (κ1) is 21.6. The van der Waals surface area contributed by atoms with Gasteiger partial charge in [0.2, 0.25) is 5.60 Å². The molecule has 3 atom stereocenters. The molecule has 0 saturated carbocycles. The Hall–Kier alpha value is -3.07. The number of nitrogens with zero attached hydrogens (tertiary/aromatic N) is 2. The highest BCUT2D eigenvalue weighted by atomic mass is 19.1. The maximum absolute atomic E-state index is 13.3. The zero-order chi connectivity index (χ0) is 21.9. The second-order valence-electron chi connectivity index (χ2n) is 7.30. The molecule has 3 rings (SSSR count). The molecule has 2 N–H and O–H groups in total. The van der Waals surface area contributed by atoms with Crippen molar-refractivity contribution in [1.82, 2.24) is 10.3 Å². The Kier molecular flexibility index (Phi) is 6.02. The van der Waals surface area contributed by atoms with Crippen molar-refractivity contribution in [3.63, 3.8) is 0 Å². The van der Waals surface area contributed by atoms with Gasteiger partial charge in [0.25, 0.3) is 11.7 Å². The van der Waals surface area contributed by atoms with Gasteiger partial charge >= 0.3 is 5.97 Å². The molecule has 0 saturated heterocycles. The number of benzene rings is 1. The summed E-state index contributed by atoms with van der Waals surface area (Å²) in [7, 11) is 0. The van der Waals surface area contributed by atoms with Crippen LogP contribution in [0.2, 0.25) is 0 Å². The van der Waals surface area contributed by atoms with Crippen LogP contribution >= 0.6 is 0 Å². The van der Waals surface area contributed by atoms with Crippen LogP contribution in [0.15, 0.2) is 41.7 Å². The van der Waals surface area contributed by atoms with Crippen LogP contribution in [0.25, 0.3) is 10.8 Å². The van der Waals surface area contributed by atoms with E-state index in [4.69, 9.17) is 4.84 Å². The predicted octanol–water partition coefficient (Wildman–Crippen LogP) is 2.23. The Balaban J connectivity index is 1.80. The second kappa shape index (κ2) is 8.35. The third-order valence-corrected chi connectivity index (χ3v) is 5.25. The number of halogens is 1. The van der Waals surface area contributed by atoms with E-state index >= 15 is 0 Å². The summed E-state index contributed by atoms with van der Waals surface area (Å²) in [6, 6.07) is 8.33. The lowest BCUT2D eigenvalue weighted by Gasteiger charge is -2.33. The van der Waals surface area contributed by atoms with Gasteiger partial charge in [-0.1, -0.05) is 36.3 Å². The first-order valence-corrected chi connectivity index (χ1v) is 9.62. The number of amides is 1. The van der Waals surface area contributed by atoms with Crippen molar-refractivity contribution >= 4 is 28.4 Å². The van der Waals surface area contributed by atoms with Crippen LogP contribution in [-0.4, -0.2) is 51.8 Å². The Morgan fingerprint density at radius 2 is 2.13 bits per heavy atom. The lowest BCUT2D eigenvalue weighted by molar-refractivity contribution is -0.224. The van der Waals surface area contributed by atoms with Crippen molar-refractivity contribution in [2.75, 3.05) is 6.67 Å². The summed E-state index contributed by atoms with van der Waals surface area (Å²) in [5, 5.41) is 18.7. The highest BCUT2D eigenvalue weighted by Gasteiger charge is 2.48. The number of rotatable bonds is 7. The quantitative estimate of drug-likeness (QED) is 0.528. The molecule has 1 aliphatic rings. The summed E-state index contributed by atoms with van der Waals surface area (Å²) in [4.78, 5) is 34.1.